The van der Waals surface area contributed by atoms with Crippen LogP contribution >= 0.6 is 0 Å². The van der Waals surface area contributed by atoms with Crippen molar-refractivity contribution in [3.8, 4) is 0 Å². The van der Waals surface area contributed by atoms with E-state index in [1.807, 2.05) is 0 Å². The summed E-state index contributed by atoms with van der Waals surface area (Å²) in [6.07, 6.45) is 9.62. The zero-order valence-electron chi connectivity index (χ0n) is 13.5. The van der Waals surface area contributed by atoms with Crippen LogP contribution in [-0.4, -0.2) is 0 Å². The van der Waals surface area contributed by atoms with E-state index in [1.165, 1.54) is 12.8 Å². The molecule has 3 aliphatic carbocycles. The Labute approximate surface area is 120 Å². The van der Waals surface area contributed by atoms with Crippen molar-refractivity contribution in [2.45, 2.75) is 53.9 Å². The highest BCUT2D eigenvalue weighted by atomic mass is 14.6. The molecular formula is C19H32. The minimum Gasteiger partial charge on any atom is -0.0851 e. The predicted octanol–water partition coefficient (Wildman–Crippen LogP) is 5.40. The van der Waals surface area contributed by atoms with Gasteiger partial charge in [-0.1, -0.05) is 46.8 Å². The van der Waals surface area contributed by atoms with E-state index >= 15 is 0 Å². The van der Waals surface area contributed by atoms with Crippen molar-refractivity contribution in [3.05, 3.63) is 12.2 Å². The highest BCUT2D eigenvalue weighted by Gasteiger charge is 2.53. The Kier molecular flexibility index (Phi) is 3.56. The fourth-order valence-electron chi connectivity index (χ4n) is 5.87. The van der Waals surface area contributed by atoms with Gasteiger partial charge in [0.15, 0.2) is 0 Å². The monoisotopic (exact) mass is 260 g/mol. The second-order valence-corrected chi connectivity index (χ2v) is 8.40. The zero-order valence-corrected chi connectivity index (χ0v) is 13.5. The first kappa shape index (κ1) is 13.7. The van der Waals surface area contributed by atoms with Crippen LogP contribution in [0.15, 0.2) is 12.2 Å². The first-order valence-corrected chi connectivity index (χ1v) is 8.67. The van der Waals surface area contributed by atoms with E-state index < -0.39 is 0 Å². The lowest BCUT2D eigenvalue weighted by molar-refractivity contribution is 0.135. The minimum absolute atomic E-state index is 0.808. The number of rotatable bonds is 3. The molecule has 0 amide bonds. The summed E-state index contributed by atoms with van der Waals surface area (Å²) in [5.41, 5.74) is 0. The normalized spacial score (nSPS) is 52.5. The Hall–Kier alpha value is -0.260. The maximum atomic E-state index is 2.58. The van der Waals surface area contributed by atoms with Gasteiger partial charge in [0.2, 0.25) is 0 Å². The zero-order chi connectivity index (χ0) is 13.7. The Morgan fingerprint density at radius 1 is 1.00 bits per heavy atom. The molecule has 0 radical (unpaired) electrons. The van der Waals surface area contributed by atoms with Crippen LogP contribution in [0.2, 0.25) is 0 Å². The molecule has 0 heterocycles. The Balaban J connectivity index is 1.76. The van der Waals surface area contributed by atoms with E-state index in [-0.39, 0.29) is 0 Å². The molecule has 2 fully saturated rings. The van der Waals surface area contributed by atoms with Gasteiger partial charge in [-0.2, -0.15) is 0 Å². The van der Waals surface area contributed by atoms with Gasteiger partial charge in [-0.25, -0.2) is 0 Å². The van der Waals surface area contributed by atoms with Crippen LogP contribution in [-0.2, 0) is 0 Å². The molecule has 0 aromatic carbocycles. The van der Waals surface area contributed by atoms with Gasteiger partial charge < -0.3 is 0 Å². The van der Waals surface area contributed by atoms with Crippen LogP contribution in [0.3, 0.4) is 0 Å². The van der Waals surface area contributed by atoms with Crippen molar-refractivity contribution in [3.63, 3.8) is 0 Å². The van der Waals surface area contributed by atoms with E-state index in [1.54, 1.807) is 6.42 Å². The molecule has 8 unspecified atom stereocenters. The Morgan fingerprint density at radius 2 is 1.74 bits per heavy atom. The molecule has 0 N–H and O–H groups in total. The van der Waals surface area contributed by atoms with E-state index in [0.717, 1.165) is 53.3 Å². The van der Waals surface area contributed by atoms with Crippen molar-refractivity contribution >= 4 is 0 Å². The molecule has 0 aromatic heterocycles. The van der Waals surface area contributed by atoms with E-state index in [2.05, 4.69) is 46.8 Å². The van der Waals surface area contributed by atoms with Crippen molar-refractivity contribution in [1.82, 2.24) is 0 Å². The third-order valence-corrected chi connectivity index (χ3v) is 6.91. The van der Waals surface area contributed by atoms with Gasteiger partial charge in [-0.05, 0) is 72.5 Å². The lowest BCUT2D eigenvalue weighted by atomic mass is 9.68. The van der Waals surface area contributed by atoms with Gasteiger partial charge >= 0.3 is 0 Å². The summed E-state index contributed by atoms with van der Waals surface area (Å²) >= 11 is 0. The van der Waals surface area contributed by atoms with Crippen LogP contribution < -0.4 is 0 Å². The largest absolute Gasteiger partial charge is 0.0851 e. The van der Waals surface area contributed by atoms with Crippen LogP contribution in [0.5, 0.6) is 0 Å². The fourth-order valence-corrected chi connectivity index (χ4v) is 5.87. The third-order valence-electron chi connectivity index (χ3n) is 6.91. The van der Waals surface area contributed by atoms with Gasteiger partial charge in [0.05, 0.1) is 0 Å². The Bertz CT molecular complexity index is 351. The lowest BCUT2D eigenvalue weighted by Gasteiger charge is -2.36. The summed E-state index contributed by atoms with van der Waals surface area (Å²) < 4.78 is 0. The molecule has 0 aromatic rings. The average molecular weight is 260 g/mol. The number of hydrogen-bond donors (Lipinski definition) is 0. The maximum Gasteiger partial charge on any atom is -0.0171 e. The van der Waals surface area contributed by atoms with Crippen molar-refractivity contribution in [2.75, 3.05) is 0 Å². The summed E-state index contributed by atoms with van der Waals surface area (Å²) in [6.45, 7) is 12.3. The smallest absolute Gasteiger partial charge is 0.0171 e. The molecule has 3 aliphatic rings. The number of hydrogen-bond acceptors (Lipinski definition) is 0. The molecule has 8 atom stereocenters. The summed E-state index contributed by atoms with van der Waals surface area (Å²) in [6, 6.07) is 0. The quantitative estimate of drug-likeness (QED) is 0.596. The van der Waals surface area contributed by atoms with Crippen molar-refractivity contribution in [1.29, 1.82) is 0 Å². The molecular weight excluding hydrogens is 228 g/mol. The van der Waals surface area contributed by atoms with Crippen molar-refractivity contribution < 1.29 is 0 Å². The lowest BCUT2D eigenvalue weighted by Crippen LogP contribution is -2.30. The molecule has 108 valence electrons. The van der Waals surface area contributed by atoms with Gasteiger partial charge in [0, 0.05) is 0 Å². The summed E-state index contributed by atoms with van der Waals surface area (Å²) in [7, 11) is 0. The third kappa shape index (κ3) is 2.20. The predicted molar refractivity (Wildman–Crippen MR) is 82.8 cm³/mol. The van der Waals surface area contributed by atoms with Gasteiger partial charge in [0.1, 0.15) is 0 Å². The van der Waals surface area contributed by atoms with E-state index in [9.17, 15) is 0 Å². The molecule has 2 saturated carbocycles. The second-order valence-electron chi connectivity index (χ2n) is 8.40. The van der Waals surface area contributed by atoms with Crippen LogP contribution in [0.1, 0.15) is 53.9 Å². The van der Waals surface area contributed by atoms with Crippen LogP contribution in [0.4, 0.5) is 0 Å². The summed E-state index contributed by atoms with van der Waals surface area (Å²) in [5.74, 6) is 8.61. The summed E-state index contributed by atoms with van der Waals surface area (Å²) in [5, 5.41) is 0. The molecule has 2 bridgehead atoms. The van der Waals surface area contributed by atoms with Gasteiger partial charge in [0.25, 0.3) is 0 Å². The maximum absolute atomic E-state index is 2.58. The first-order valence-electron chi connectivity index (χ1n) is 8.67. The molecule has 0 nitrogen and oxygen atoms in total. The number of allylic oxidation sites excluding steroid dienone is 2. The SMILES string of the molecule is CC(C)CC1CC2CC(C3C=CC(C)C3C)C1C2C. The molecule has 0 saturated heterocycles. The topological polar surface area (TPSA) is 0 Å². The minimum atomic E-state index is 0.808. The molecule has 3 rings (SSSR count). The molecule has 19 heavy (non-hydrogen) atoms. The molecule has 0 aliphatic heterocycles. The van der Waals surface area contributed by atoms with E-state index in [4.69, 9.17) is 0 Å². The highest BCUT2D eigenvalue weighted by Crippen LogP contribution is 2.61. The van der Waals surface area contributed by atoms with E-state index in [0.29, 0.717) is 0 Å². The average Bonchev–Trinajstić information content (AvgIpc) is 2.92. The van der Waals surface area contributed by atoms with Crippen LogP contribution in [0.25, 0.3) is 0 Å². The summed E-state index contributed by atoms with van der Waals surface area (Å²) in [4.78, 5) is 0. The van der Waals surface area contributed by atoms with Gasteiger partial charge in [-0.3, -0.25) is 0 Å². The number of fused-ring (bicyclic) bond motifs is 2. The van der Waals surface area contributed by atoms with Gasteiger partial charge in [-0.15, -0.1) is 0 Å². The van der Waals surface area contributed by atoms with Crippen LogP contribution in [0, 0.1) is 53.3 Å². The van der Waals surface area contributed by atoms with Crippen molar-refractivity contribution in [2.24, 2.45) is 53.3 Å². The first-order chi connectivity index (χ1) is 8.99. The Morgan fingerprint density at radius 3 is 2.26 bits per heavy atom. The highest BCUT2D eigenvalue weighted by molar-refractivity contribution is 5.11. The second kappa shape index (κ2) is 4.93. The molecule has 0 spiro atoms. The fraction of sp³-hybridized carbons (Fsp3) is 0.895. The molecule has 0 heteroatoms. The standard InChI is InChI=1S/C19H32/c1-11(2)8-16-9-15-10-18(19(16)14(15)5)17-7-6-12(3)13(17)4/h6-7,11-19H,8-10H2,1-5H3.